The number of allylic oxidation sites excluding steroid dienone is 3. The molecule has 1 aromatic rings. The molecule has 0 spiro atoms. The molecule has 6 nitrogen and oxygen atoms in total. The van der Waals surface area contributed by atoms with E-state index >= 15 is 0 Å². The Morgan fingerprint density at radius 1 is 1.25 bits per heavy atom. The highest BCUT2D eigenvalue weighted by Gasteiger charge is 2.05. The van der Waals surface area contributed by atoms with Crippen molar-refractivity contribution in [3.05, 3.63) is 71.3 Å². The summed E-state index contributed by atoms with van der Waals surface area (Å²) >= 11 is 0. The summed E-state index contributed by atoms with van der Waals surface area (Å²) in [5.41, 5.74) is 1.63. The van der Waals surface area contributed by atoms with Crippen LogP contribution in [0.2, 0.25) is 0 Å². The molecule has 1 N–H and O–H groups in total. The minimum Gasteiger partial charge on any atom is -0.411 e. The van der Waals surface area contributed by atoms with Crippen LogP contribution in [0.3, 0.4) is 0 Å². The molecule has 102 valence electrons. The quantitative estimate of drug-likeness (QED) is 0.292. The van der Waals surface area contributed by atoms with Crippen LogP contribution < -0.4 is 4.57 Å². The molecule has 1 aliphatic rings. The maximum Gasteiger partial charge on any atom is 0.169 e. The number of hydrogen-bond acceptors (Lipinski definition) is 5. The summed E-state index contributed by atoms with van der Waals surface area (Å²) in [6, 6.07) is 3.75. The minimum absolute atomic E-state index is 0.788. The van der Waals surface area contributed by atoms with Crippen LogP contribution in [-0.4, -0.2) is 22.9 Å². The van der Waals surface area contributed by atoms with E-state index in [9.17, 15) is 4.91 Å². The first-order chi connectivity index (χ1) is 9.81. The van der Waals surface area contributed by atoms with Crippen molar-refractivity contribution in [2.45, 2.75) is 6.54 Å². The minimum atomic E-state index is 0.788. The predicted molar refractivity (Wildman–Crippen MR) is 74.9 cm³/mol. The molecular weight excluding hydrogens is 256 g/mol. The number of pyridine rings is 1. The lowest BCUT2D eigenvalue weighted by Crippen LogP contribution is -2.37. The van der Waals surface area contributed by atoms with Crippen molar-refractivity contribution in [2.75, 3.05) is 6.54 Å². The third-order valence-electron chi connectivity index (χ3n) is 2.86. The lowest BCUT2D eigenvalue weighted by molar-refractivity contribution is -0.696. The van der Waals surface area contributed by atoms with Gasteiger partial charge in [-0.2, -0.15) is 0 Å². The Morgan fingerprint density at radius 3 is 2.55 bits per heavy atom. The number of nitrogens with zero attached hydrogens (tertiary/aromatic N) is 4. The monoisotopic (exact) mass is 271 g/mol. The van der Waals surface area contributed by atoms with E-state index in [0.717, 1.165) is 24.2 Å². The van der Waals surface area contributed by atoms with Crippen molar-refractivity contribution in [3.63, 3.8) is 0 Å². The highest BCUT2D eigenvalue weighted by atomic mass is 16.4. The van der Waals surface area contributed by atoms with Crippen LogP contribution in [0.1, 0.15) is 5.56 Å². The molecule has 0 atom stereocenters. The van der Waals surface area contributed by atoms with Gasteiger partial charge in [0.1, 0.15) is 0 Å². The molecule has 20 heavy (non-hydrogen) atoms. The molecule has 1 aliphatic heterocycles. The Morgan fingerprint density at radius 2 is 1.95 bits per heavy atom. The fourth-order valence-corrected chi connectivity index (χ4v) is 1.77. The van der Waals surface area contributed by atoms with E-state index in [1.54, 1.807) is 0 Å². The molecule has 0 fully saturated rings. The molecule has 0 aliphatic carbocycles. The van der Waals surface area contributed by atoms with Gasteiger partial charge in [-0.05, 0) is 22.9 Å². The lowest BCUT2D eigenvalue weighted by atomic mass is 10.2. The third-order valence-corrected chi connectivity index (χ3v) is 2.86. The molecule has 0 saturated heterocycles. The maximum absolute atomic E-state index is 10.1. The molecule has 1 aromatic heterocycles. The molecule has 6 heteroatoms. The topological polar surface area (TPSA) is 69.1 Å². The van der Waals surface area contributed by atoms with Crippen molar-refractivity contribution in [1.82, 2.24) is 4.90 Å². The highest BCUT2D eigenvalue weighted by Crippen LogP contribution is 2.08. The van der Waals surface area contributed by atoms with E-state index < -0.39 is 0 Å². The molecule has 2 rings (SSSR count). The van der Waals surface area contributed by atoms with Gasteiger partial charge in [-0.1, -0.05) is 5.16 Å². The molecule has 0 bridgehead atoms. The number of aromatic nitrogens is 1. The van der Waals surface area contributed by atoms with Gasteiger partial charge in [0, 0.05) is 30.1 Å². The van der Waals surface area contributed by atoms with Crippen molar-refractivity contribution in [1.29, 1.82) is 0 Å². The van der Waals surface area contributed by atoms with E-state index in [2.05, 4.69) is 10.3 Å². The summed E-state index contributed by atoms with van der Waals surface area (Å²) in [5.74, 6) is 0. The molecule has 0 amide bonds. The van der Waals surface area contributed by atoms with Crippen molar-refractivity contribution >= 4 is 6.21 Å². The first kappa shape index (κ1) is 13.7. The average molecular weight is 271 g/mol. The van der Waals surface area contributed by atoms with Crippen LogP contribution in [-0.2, 0) is 6.54 Å². The van der Waals surface area contributed by atoms with E-state index in [1.807, 2.05) is 58.5 Å². The van der Waals surface area contributed by atoms with Gasteiger partial charge >= 0.3 is 0 Å². The van der Waals surface area contributed by atoms with Gasteiger partial charge in [0.15, 0.2) is 18.9 Å². The summed E-state index contributed by atoms with van der Waals surface area (Å²) in [5, 5.41) is 14.1. The molecule has 0 aromatic carbocycles. The van der Waals surface area contributed by atoms with Gasteiger partial charge in [-0.3, -0.25) is 0 Å². The van der Waals surface area contributed by atoms with Gasteiger partial charge in [-0.15, -0.1) is 4.91 Å². The highest BCUT2D eigenvalue weighted by molar-refractivity contribution is 5.78. The zero-order valence-electron chi connectivity index (χ0n) is 10.8. The average Bonchev–Trinajstić information content (AvgIpc) is 2.49. The smallest absolute Gasteiger partial charge is 0.169 e. The van der Waals surface area contributed by atoms with E-state index in [-0.39, 0.29) is 0 Å². The zero-order chi connectivity index (χ0) is 14.2. The molecule has 0 saturated carbocycles. The molecule has 0 radical (unpaired) electrons. The fourth-order valence-electron chi connectivity index (χ4n) is 1.77. The Balaban J connectivity index is 1.87. The summed E-state index contributed by atoms with van der Waals surface area (Å²) in [7, 11) is 0. The lowest BCUT2D eigenvalue weighted by Gasteiger charge is -2.16. The maximum atomic E-state index is 10.1. The summed E-state index contributed by atoms with van der Waals surface area (Å²) in [6.45, 7) is 1.63. The van der Waals surface area contributed by atoms with Gasteiger partial charge in [0.2, 0.25) is 0 Å². The number of hydrogen-bond donors (Lipinski definition) is 1. The Kier molecular flexibility index (Phi) is 4.77. The summed E-state index contributed by atoms with van der Waals surface area (Å²) in [6.07, 6.45) is 14.0. The van der Waals surface area contributed by atoms with Gasteiger partial charge < -0.3 is 10.1 Å². The molecular formula is C14H15N4O2+. The van der Waals surface area contributed by atoms with Gasteiger partial charge in [0.05, 0.1) is 19.0 Å². The van der Waals surface area contributed by atoms with Crippen LogP contribution in [0.5, 0.6) is 0 Å². The van der Waals surface area contributed by atoms with Crippen molar-refractivity contribution < 1.29 is 9.77 Å². The van der Waals surface area contributed by atoms with Crippen molar-refractivity contribution in [2.24, 2.45) is 10.3 Å². The molecule has 0 unspecified atom stereocenters. The first-order valence-electron chi connectivity index (χ1n) is 6.13. The number of nitroso groups, excluding NO2 is 1. The van der Waals surface area contributed by atoms with Gasteiger partial charge in [0.25, 0.3) is 0 Å². The number of rotatable bonds is 5. The van der Waals surface area contributed by atoms with Crippen LogP contribution in [0, 0.1) is 4.91 Å². The van der Waals surface area contributed by atoms with E-state index in [0.29, 0.717) is 0 Å². The van der Waals surface area contributed by atoms with E-state index in [1.165, 1.54) is 12.4 Å². The zero-order valence-corrected chi connectivity index (χ0v) is 10.8. The van der Waals surface area contributed by atoms with Crippen LogP contribution in [0.15, 0.2) is 71.2 Å². The predicted octanol–water partition coefficient (Wildman–Crippen LogP) is 1.78. The first-order valence-corrected chi connectivity index (χ1v) is 6.13. The number of oxime groups is 1. The second-order valence-corrected chi connectivity index (χ2v) is 4.22. The van der Waals surface area contributed by atoms with Gasteiger partial charge in [-0.25, -0.2) is 4.57 Å². The fraction of sp³-hybridized carbons (Fsp3) is 0.143. The third kappa shape index (κ3) is 3.88. The Hall–Kier alpha value is -2.76. The standard InChI is InChI=1S/C14H14N4O2/c19-15-11-13-1-5-17(6-2-13)9-10-18-7-3-14(4-8-18)12-16-20/h1-8,11-12H,9-10H2/p+1. The largest absolute Gasteiger partial charge is 0.411 e. The van der Waals surface area contributed by atoms with Crippen molar-refractivity contribution in [3.8, 4) is 0 Å². The SMILES string of the molecule is O=NC=C1C=CN(CC[n+]2ccc(/C=N/O)cc2)C=C1. The second kappa shape index (κ2) is 6.98. The normalized spacial score (nSPS) is 14.0. The van der Waals surface area contributed by atoms with E-state index in [4.69, 9.17) is 5.21 Å². The summed E-state index contributed by atoms with van der Waals surface area (Å²) in [4.78, 5) is 12.1. The van der Waals surface area contributed by atoms with Crippen LogP contribution >= 0.6 is 0 Å². The van der Waals surface area contributed by atoms with Crippen LogP contribution in [0.4, 0.5) is 0 Å². The Bertz CT molecular complexity index is 557. The molecule has 2 heterocycles. The van der Waals surface area contributed by atoms with Crippen LogP contribution in [0.25, 0.3) is 0 Å². The Labute approximate surface area is 116 Å². The second-order valence-electron chi connectivity index (χ2n) is 4.22. The summed E-state index contributed by atoms with van der Waals surface area (Å²) < 4.78 is 2.04.